The Balaban J connectivity index is 3.11. The number of rotatable bonds is 10. The first kappa shape index (κ1) is 30.6. The van der Waals surface area contributed by atoms with Crippen LogP contribution in [-0.4, -0.2) is 89.3 Å². The zero-order valence-corrected chi connectivity index (χ0v) is 25.3. The predicted molar refractivity (Wildman–Crippen MR) is 144 cm³/mol. The Morgan fingerprint density at radius 2 is 0.971 bits per heavy atom. The number of carbonyl (C=O) groups is 2. The Kier molecular flexibility index (Phi) is 13.3. The summed E-state index contributed by atoms with van der Waals surface area (Å²) in [5, 5.41) is 0. The molecule has 0 aliphatic rings. The summed E-state index contributed by atoms with van der Waals surface area (Å²) in [4.78, 5) is 38.6. The van der Waals surface area contributed by atoms with Gasteiger partial charge < -0.3 is 0 Å². The molecular formula is C26H40N4O2Se2. The third-order valence-corrected chi connectivity index (χ3v) is 6.10. The van der Waals surface area contributed by atoms with Gasteiger partial charge in [-0.15, -0.1) is 0 Å². The number of hydrogen-bond donors (Lipinski definition) is 0. The Morgan fingerprint density at radius 3 is 1.24 bits per heavy atom. The van der Waals surface area contributed by atoms with Gasteiger partial charge in [-0.25, -0.2) is 0 Å². The monoisotopic (exact) mass is 600 g/mol. The van der Waals surface area contributed by atoms with Crippen molar-refractivity contribution >= 4 is 53.3 Å². The molecule has 188 valence electrons. The van der Waals surface area contributed by atoms with E-state index in [4.69, 9.17) is 0 Å². The van der Waals surface area contributed by atoms with E-state index in [2.05, 4.69) is 107 Å². The van der Waals surface area contributed by atoms with E-state index in [9.17, 15) is 9.59 Å². The van der Waals surface area contributed by atoms with E-state index in [1.54, 1.807) is 24.3 Å². The molecule has 0 bridgehead atoms. The predicted octanol–water partition coefficient (Wildman–Crippen LogP) is 4.24. The molecule has 34 heavy (non-hydrogen) atoms. The van der Waals surface area contributed by atoms with Crippen LogP contribution in [0.4, 0.5) is 0 Å². The number of benzene rings is 1. The Hall–Kier alpha value is -1.46. The van der Waals surface area contributed by atoms with Crippen LogP contribution in [0.15, 0.2) is 34.3 Å². The van der Waals surface area contributed by atoms with E-state index < -0.39 is 0 Å². The summed E-state index contributed by atoms with van der Waals surface area (Å²) >= 11 is 5.90. The van der Waals surface area contributed by atoms with Crippen molar-refractivity contribution in [1.29, 1.82) is 0 Å². The van der Waals surface area contributed by atoms with Crippen LogP contribution in [-0.2, 0) is 0 Å². The molecule has 0 atom stereocenters. The Morgan fingerprint density at radius 1 is 0.676 bits per heavy atom. The third-order valence-electron chi connectivity index (χ3n) is 4.63. The summed E-state index contributed by atoms with van der Waals surface area (Å²) in [6.45, 7) is 20.4. The molecule has 0 fully saturated rings. The zero-order chi connectivity index (χ0) is 26.0. The SMILES string of the molecule is CC(C)CN(CC(C)C)C([Se])=NC(=O)c1cccc(C(=O)N=C([Se])N(CC(C)C)CC(C)C)c1. The normalized spacial score (nSPS) is 12.7. The van der Waals surface area contributed by atoms with Crippen LogP contribution < -0.4 is 0 Å². The van der Waals surface area contributed by atoms with Crippen LogP contribution in [0, 0.1) is 23.7 Å². The molecule has 0 aliphatic carbocycles. The van der Waals surface area contributed by atoms with Gasteiger partial charge >= 0.3 is 223 Å². The molecule has 1 aromatic rings. The summed E-state index contributed by atoms with van der Waals surface area (Å²) < 4.78 is 1.15. The van der Waals surface area contributed by atoms with Gasteiger partial charge in [-0.3, -0.25) is 0 Å². The summed E-state index contributed by atoms with van der Waals surface area (Å²) in [6.07, 6.45) is 0. The van der Waals surface area contributed by atoms with Gasteiger partial charge in [0.15, 0.2) is 0 Å². The molecule has 0 heterocycles. The Labute approximate surface area is 222 Å². The third kappa shape index (κ3) is 11.3. The van der Waals surface area contributed by atoms with E-state index in [0.717, 1.165) is 26.2 Å². The molecule has 2 radical (unpaired) electrons. The molecule has 2 amide bonds. The summed E-state index contributed by atoms with van der Waals surface area (Å²) in [5.41, 5.74) is 0.733. The molecule has 0 saturated carbocycles. The molecule has 0 aliphatic heterocycles. The van der Waals surface area contributed by atoms with E-state index in [1.807, 2.05) is 0 Å². The fourth-order valence-corrected chi connectivity index (χ4v) is 4.43. The number of amides is 2. The first-order valence-corrected chi connectivity index (χ1v) is 13.7. The molecule has 1 aromatic carbocycles. The number of carbonyl (C=O) groups excluding carboxylic acids is 2. The summed E-state index contributed by atoms with van der Waals surface area (Å²) in [7, 11) is 0. The molecule has 0 spiro atoms. The number of hydrogen-bond acceptors (Lipinski definition) is 2. The number of amidine groups is 2. The van der Waals surface area contributed by atoms with Gasteiger partial charge in [-0.2, -0.15) is 0 Å². The molecule has 8 heteroatoms. The molecule has 0 aromatic heterocycles. The second kappa shape index (κ2) is 14.8. The minimum absolute atomic E-state index is 0.366. The topological polar surface area (TPSA) is 65.3 Å². The van der Waals surface area contributed by atoms with Gasteiger partial charge in [-0.1, -0.05) is 0 Å². The number of nitrogens with zero attached hydrogens (tertiary/aromatic N) is 4. The van der Waals surface area contributed by atoms with Crippen LogP contribution in [0.1, 0.15) is 76.1 Å². The maximum atomic E-state index is 12.9. The molecule has 0 unspecified atom stereocenters. The fourth-order valence-electron chi connectivity index (χ4n) is 3.45. The van der Waals surface area contributed by atoms with E-state index in [1.165, 1.54) is 0 Å². The van der Waals surface area contributed by atoms with Gasteiger partial charge in [0.25, 0.3) is 0 Å². The average molecular weight is 599 g/mol. The van der Waals surface area contributed by atoms with Gasteiger partial charge in [0.1, 0.15) is 0 Å². The first-order valence-electron chi connectivity index (χ1n) is 12.0. The average Bonchev–Trinajstić information content (AvgIpc) is 2.71. The summed E-state index contributed by atoms with van der Waals surface area (Å²) in [5.74, 6) is 1.01. The standard InChI is InChI=1S/C26H40N4O2Se2/c1-17(2)13-29(14-18(3)4)25(33)27-23(31)21-10-9-11-22(12-21)24(32)28-26(34)30(15-19(5)6)16-20(7)8/h9-12,17-20H,13-16H2,1-8H3. The van der Waals surface area contributed by atoms with Crippen LogP contribution in [0.3, 0.4) is 0 Å². The maximum absolute atomic E-state index is 12.9. The zero-order valence-electron chi connectivity index (χ0n) is 21.9. The fraction of sp³-hybridized carbons (Fsp3) is 0.615. The summed E-state index contributed by atoms with van der Waals surface area (Å²) in [6, 6.07) is 6.63. The first-order chi connectivity index (χ1) is 15.8. The van der Waals surface area contributed by atoms with E-state index >= 15 is 0 Å². The van der Waals surface area contributed by atoms with Crippen molar-refractivity contribution < 1.29 is 9.59 Å². The molecular weight excluding hydrogens is 558 g/mol. The number of aliphatic imine (C=N–C) groups is 2. The molecule has 0 saturated heterocycles. The van der Waals surface area contributed by atoms with Crippen molar-refractivity contribution in [2.75, 3.05) is 26.2 Å². The van der Waals surface area contributed by atoms with Gasteiger partial charge in [0, 0.05) is 0 Å². The second-order valence-electron chi connectivity index (χ2n) is 10.4. The van der Waals surface area contributed by atoms with E-state index in [-0.39, 0.29) is 11.8 Å². The van der Waals surface area contributed by atoms with Crippen molar-refractivity contribution in [2.24, 2.45) is 33.7 Å². The Bertz CT molecular complexity index is 792. The van der Waals surface area contributed by atoms with Gasteiger partial charge in [0.2, 0.25) is 0 Å². The van der Waals surface area contributed by atoms with Crippen molar-refractivity contribution in [1.82, 2.24) is 9.80 Å². The van der Waals surface area contributed by atoms with Crippen molar-refractivity contribution in [2.45, 2.75) is 55.4 Å². The van der Waals surface area contributed by atoms with Crippen molar-refractivity contribution in [3.8, 4) is 0 Å². The minimum atomic E-state index is -0.380. The van der Waals surface area contributed by atoms with Crippen LogP contribution >= 0.6 is 0 Å². The van der Waals surface area contributed by atoms with Crippen molar-refractivity contribution in [3.63, 3.8) is 0 Å². The second-order valence-corrected chi connectivity index (χ2v) is 11.9. The van der Waals surface area contributed by atoms with Crippen molar-refractivity contribution in [3.05, 3.63) is 35.4 Å². The molecule has 1 rings (SSSR count). The van der Waals surface area contributed by atoms with E-state index in [0.29, 0.717) is 44.3 Å². The van der Waals surface area contributed by atoms with Crippen LogP contribution in [0.2, 0.25) is 0 Å². The van der Waals surface area contributed by atoms with Gasteiger partial charge in [0.05, 0.1) is 0 Å². The van der Waals surface area contributed by atoms with Crippen LogP contribution in [0.5, 0.6) is 0 Å². The quantitative estimate of drug-likeness (QED) is 0.230. The molecule has 0 N–H and O–H groups in total. The molecule has 6 nitrogen and oxygen atoms in total. The van der Waals surface area contributed by atoms with Crippen LogP contribution in [0.25, 0.3) is 0 Å². The van der Waals surface area contributed by atoms with Gasteiger partial charge in [-0.05, 0) is 0 Å².